The third-order valence-electron chi connectivity index (χ3n) is 13.7. The minimum atomic E-state index is 1.11. The van der Waals surface area contributed by atoms with Gasteiger partial charge in [-0.25, -0.2) is 0 Å². The quantitative estimate of drug-likeness (QED) is 0.141. The van der Waals surface area contributed by atoms with Crippen molar-refractivity contribution in [3.05, 3.63) is 273 Å². The van der Waals surface area contributed by atoms with Gasteiger partial charge in [0.2, 0.25) is 0 Å². The molecular formula is C66H45N3. The van der Waals surface area contributed by atoms with Crippen LogP contribution in [0.4, 0.5) is 17.1 Å². The summed E-state index contributed by atoms with van der Waals surface area (Å²) in [6, 6.07) is 99.1. The van der Waals surface area contributed by atoms with Gasteiger partial charge in [-0.15, -0.1) is 0 Å². The van der Waals surface area contributed by atoms with Crippen molar-refractivity contribution in [3.63, 3.8) is 0 Å². The summed E-state index contributed by atoms with van der Waals surface area (Å²) in [4.78, 5) is 2.30. The summed E-state index contributed by atoms with van der Waals surface area (Å²) < 4.78 is 4.81. The molecule has 69 heavy (non-hydrogen) atoms. The standard InChI is InChI=1S/C66H45N3/c1-5-17-54(18-6-1)67(55-19-7-2-8-20-55)58-37-33-47(34-38-58)46-29-31-48(32-30-46)51-41-52(49-35-39-61-59-25-13-15-27-63(59)68(65(61)44-49)56-21-9-3-10-22-56)43-53(42-51)50-36-40-62-60-26-14-16-28-64(60)69(66(62)45-50)57-23-11-4-12-24-57/h1-45H. The van der Waals surface area contributed by atoms with Crippen molar-refractivity contribution in [2.24, 2.45) is 0 Å². The molecule has 3 nitrogen and oxygen atoms in total. The highest BCUT2D eigenvalue weighted by atomic mass is 15.1. The minimum Gasteiger partial charge on any atom is -0.311 e. The second-order valence-electron chi connectivity index (χ2n) is 17.8. The molecule has 0 atom stereocenters. The van der Waals surface area contributed by atoms with E-state index >= 15 is 0 Å². The summed E-state index contributed by atoms with van der Waals surface area (Å²) >= 11 is 0. The van der Waals surface area contributed by atoms with Crippen LogP contribution in [-0.2, 0) is 0 Å². The molecule has 3 heteroatoms. The number of benzene rings is 11. The molecule has 2 heterocycles. The average molecular weight is 880 g/mol. The predicted octanol–water partition coefficient (Wildman–Crippen LogP) is 18.0. The molecule has 0 N–H and O–H groups in total. The lowest BCUT2D eigenvalue weighted by molar-refractivity contribution is 1.18. The lowest BCUT2D eigenvalue weighted by atomic mass is 9.92. The van der Waals surface area contributed by atoms with Crippen molar-refractivity contribution >= 4 is 60.7 Å². The van der Waals surface area contributed by atoms with E-state index in [1.807, 2.05) is 0 Å². The van der Waals surface area contributed by atoms with E-state index in [9.17, 15) is 0 Å². The van der Waals surface area contributed by atoms with Crippen LogP contribution in [0.15, 0.2) is 273 Å². The van der Waals surface area contributed by atoms with Gasteiger partial charge in [0.15, 0.2) is 0 Å². The predicted molar refractivity (Wildman–Crippen MR) is 292 cm³/mol. The Morgan fingerprint density at radius 3 is 0.942 bits per heavy atom. The average Bonchev–Trinajstić information content (AvgIpc) is 3.94. The summed E-state index contributed by atoms with van der Waals surface area (Å²) in [5.74, 6) is 0. The molecule has 2 aromatic heterocycles. The highest BCUT2D eigenvalue weighted by Gasteiger charge is 2.18. The van der Waals surface area contributed by atoms with Gasteiger partial charge < -0.3 is 14.0 Å². The van der Waals surface area contributed by atoms with E-state index in [2.05, 4.69) is 287 Å². The Morgan fingerprint density at radius 1 is 0.203 bits per heavy atom. The fourth-order valence-corrected chi connectivity index (χ4v) is 10.4. The third-order valence-corrected chi connectivity index (χ3v) is 13.7. The van der Waals surface area contributed by atoms with Gasteiger partial charge in [0.1, 0.15) is 0 Å². The molecule has 0 radical (unpaired) electrons. The summed E-state index contributed by atoms with van der Waals surface area (Å²) in [6.45, 7) is 0. The molecule has 0 unspecified atom stereocenters. The van der Waals surface area contributed by atoms with Gasteiger partial charge in [-0.05, 0) is 148 Å². The van der Waals surface area contributed by atoms with Crippen molar-refractivity contribution in [1.82, 2.24) is 9.13 Å². The zero-order valence-corrected chi connectivity index (χ0v) is 37.8. The maximum absolute atomic E-state index is 2.40. The molecule has 0 amide bonds. The summed E-state index contributed by atoms with van der Waals surface area (Å²) in [5.41, 5.74) is 19.8. The van der Waals surface area contributed by atoms with E-state index in [0.717, 1.165) is 39.6 Å². The van der Waals surface area contributed by atoms with E-state index in [1.165, 1.54) is 77.0 Å². The molecule has 0 aliphatic rings. The van der Waals surface area contributed by atoms with Crippen LogP contribution < -0.4 is 4.90 Å². The van der Waals surface area contributed by atoms with Gasteiger partial charge in [-0.1, -0.05) is 170 Å². The number of nitrogens with zero attached hydrogens (tertiary/aromatic N) is 3. The molecule has 0 spiro atoms. The van der Waals surface area contributed by atoms with Gasteiger partial charge in [0, 0.05) is 50.0 Å². The second-order valence-corrected chi connectivity index (χ2v) is 17.8. The van der Waals surface area contributed by atoms with Crippen LogP contribution in [0.3, 0.4) is 0 Å². The zero-order chi connectivity index (χ0) is 45.7. The van der Waals surface area contributed by atoms with Gasteiger partial charge in [-0.3, -0.25) is 0 Å². The van der Waals surface area contributed by atoms with Crippen LogP contribution in [0.2, 0.25) is 0 Å². The number of hydrogen-bond acceptors (Lipinski definition) is 1. The number of aromatic nitrogens is 2. The fraction of sp³-hybridized carbons (Fsp3) is 0. The highest BCUT2D eigenvalue weighted by molar-refractivity contribution is 6.11. The first-order chi connectivity index (χ1) is 34.2. The number of hydrogen-bond donors (Lipinski definition) is 0. The Morgan fingerprint density at radius 2 is 0.507 bits per heavy atom. The third kappa shape index (κ3) is 7.16. The fourth-order valence-electron chi connectivity index (χ4n) is 10.4. The molecule has 324 valence electrons. The monoisotopic (exact) mass is 879 g/mol. The normalized spacial score (nSPS) is 11.5. The second kappa shape index (κ2) is 16.9. The van der Waals surface area contributed by atoms with Gasteiger partial charge >= 0.3 is 0 Å². The maximum Gasteiger partial charge on any atom is 0.0547 e. The lowest BCUT2D eigenvalue weighted by Gasteiger charge is -2.25. The van der Waals surface area contributed by atoms with Gasteiger partial charge in [0.05, 0.1) is 22.1 Å². The highest BCUT2D eigenvalue weighted by Crippen LogP contribution is 2.41. The van der Waals surface area contributed by atoms with E-state index < -0.39 is 0 Å². The van der Waals surface area contributed by atoms with Crippen LogP contribution in [0, 0.1) is 0 Å². The Balaban J connectivity index is 0.939. The minimum absolute atomic E-state index is 1.11. The molecule has 0 aliphatic heterocycles. The molecule has 0 bridgehead atoms. The van der Waals surface area contributed by atoms with E-state index in [-0.39, 0.29) is 0 Å². The molecule has 0 aliphatic carbocycles. The van der Waals surface area contributed by atoms with Crippen LogP contribution in [0.25, 0.3) is 99.5 Å². The van der Waals surface area contributed by atoms with Crippen molar-refractivity contribution in [3.8, 4) is 55.9 Å². The topological polar surface area (TPSA) is 13.1 Å². The van der Waals surface area contributed by atoms with Crippen molar-refractivity contribution in [2.75, 3.05) is 4.90 Å². The number of anilines is 3. The Hall–Kier alpha value is -9.18. The molecular weight excluding hydrogens is 835 g/mol. The van der Waals surface area contributed by atoms with E-state index in [1.54, 1.807) is 0 Å². The molecule has 13 aromatic rings. The zero-order valence-electron chi connectivity index (χ0n) is 37.8. The van der Waals surface area contributed by atoms with Crippen molar-refractivity contribution in [2.45, 2.75) is 0 Å². The summed E-state index contributed by atoms with van der Waals surface area (Å²) in [7, 11) is 0. The largest absolute Gasteiger partial charge is 0.311 e. The smallest absolute Gasteiger partial charge is 0.0547 e. The molecule has 0 saturated carbocycles. The molecule has 13 rings (SSSR count). The summed E-state index contributed by atoms with van der Waals surface area (Å²) in [5, 5.41) is 4.98. The first-order valence-electron chi connectivity index (χ1n) is 23.7. The van der Waals surface area contributed by atoms with Gasteiger partial charge in [0.25, 0.3) is 0 Å². The summed E-state index contributed by atoms with van der Waals surface area (Å²) in [6.07, 6.45) is 0. The number of rotatable bonds is 9. The first kappa shape index (κ1) is 40.1. The lowest BCUT2D eigenvalue weighted by Crippen LogP contribution is -2.09. The van der Waals surface area contributed by atoms with E-state index in [4.69, 9.17) is 0 Å². The van der Waals surface area contributed by atoms with Crippen LogP contribution in [0.5, 0.6) is 0 Å². The molecule has 0 fully saturated rings. The maximum atomic E-state index is 2.40. The van der Waals surface area contributed by atoms with Crippen LogP contribution in [0.1, 0.15) is 0 Å². The SMILES string of the molecule is c1ccc(N(c2ccccc2)c2ccc(-c3ccc(-c4cc(-c5ccc6c7ccccc7n(-c7ccccc7)c6c5)cc(-c5ccc6c7ccccc7n(-c7ccccc7)c6c5)c4)cc3)cc2)cc1. The van der Waals surface area contributed by atoms with Gasteiger partial charge in [-0.2, -0.15) is 0 Å². The number of para-hydroxylation sites is 6. The Bertz CT molecular complexity index is 3750. The van der Waals surface area contributed by atoms with Crippen molar-refractivity contribution in [1.29, 1.82) is 0 Å². The number of fused-ring (bicyclic) bond motifs is 6. The Kier molecular flexibility index (Phi) is 9.84. The Labute approximate surface area is 401 Å². The molecule has 11 aromatic carbocycles. The first-order valence-corrected chi connectivity index (χ1v) is 23.7. The van der Waals surface area contributed by atoms with Crippen molar-refractivity contribution < 1.29 is 0 Å². The van der Waals surface area contributed by atoms with Crippen LogP contribution >= 0.6 is 0 Å². The molecule has 0 saturated heterocycles. The van der Waals surface area contributed by atoms with E-state index in [0.29, 0.717) is 0 Å². The van der Waals surface area contributed by atoms with Crippen LogP contribution in [-0.4, -0.2) is 9.13 Å².